The normalized spacial score (nSPS) is 32.8. The monoisotopic (exact) mass is 171 g/mol. The lowest BCUT2D eigenvalue weighted by Gasteiger charge is -2.42. The van der Waals surface area contributed by atoms with E-state index >= 15 is 0 Å². The van der Waals surface area contributed by atoms with E-state index in [-0.39, 0.29) is 5.92 Å². The van der Waals surface area contributed by atoms with Gasteiger partial charge in [-0.2, -0.15) is 0 Å². The lowest BCUT2D eigenvalue weighted by Crippen LogP contribution is -2.62. The van der Waals surface area contributed by atoms with Crippen LogP contribution in [-0.2, 0) is 9.53 Å². The molecule has 0 aromatic heterocycles. The van der Waals surface area contributed by atoms with Crippen molar-refractivity contribution in [3.05, 3.63) is 0 Å². The molecule has 2 saturated heterocycles. The molecule has 2 fully saturated rings. The zero-order valence-corrected chi connectivity index (χ0v) is 6.88. The molecule has 4 heteroatoms. The zero-order chi connectivity index (χ0) is 8.60. The summed E-state index contributed by atoms with van der Waals surface area (Å²) in [6, 6.07) is 0. The summed E-state index contributed by atoms with van der Waals surface area (Å²) in [6.07, 6.45) is 0.897. The summed E-state index contributed by atoms with van der Waals surface area (Å²) in [7, 11) is 0. The molecule has 1 unspecified atom stereocenters. The van der Waals surface area contributed by atoms with Gasteiger partial charge in [-0.3, -0.25) is 4.79 Å². The van der Waals surface area contributed by atoms with Crippen molar-refractivity contribution in [1.29, 1.82) is 0 Å². The molecular formula is C8H13NO3. The van der Waals surface area contributed by atoms with Gasteiger partial charge >= 0.3 is 5.97 Å². The number of aliphatic carboxylic acids is 1. The molecule has 4 nitrogen and oxygen atoms in total. The molecule has 0 aromatic carbocycles. The second-order valence-corrected chi connectivity index (χ2v) is 3.63. The van der Waals surface area contributed by atoms with Crippen LogP contribution in [0.25, 0.3) is 0 Å². The lowest BCUT2D eigenvalue weighted by atomic mass is 9.70. The highest BCUT2D eigenvalue weighted by Gasteiger charge is 2.51. The highest BCUT2D eigenvalue weighted by atomic mass is 16.5. The molecule has 0 aliphatic carbocycles. The summed E-state index contributed by atoms with van der Waals surface area (Å²) in [5.74, 6) is -0.451. The summed E-state index contributed by atoms with van der Waals surface area (Å²) in [5.41, 5.74) is -0.517. The van der Waals surface area contributed by atoms with Crippen LogP contribution in [0.3, 0.4) is 0 Å². The average Bonchev–Trinajstić information content (AvgIpc) is 2.35. The fraction of sp³-hybridized carbons (Fsp3) is 0.875. The number of ether oxygens (including phenoxy) is 1. The quantitative estimate of drug-likeness (QED) is 0.598. The molecule has 0 radical (unpaired) electrons. The number of carboxylic acids is 1. The van der Waals surface area contributed by atoms with Gasteiger partial charge in [-0.15, -0.1) is 0 Å². The highest BCUT2D eigenvalue weighted by molar-refractivity contribution is 5.77. The number of hydrogen-bond acceptors (Lipinski definition) is 3. The van der Waals surface area contributed by atoms with Crippen LogP contribution in [-0.4, -0.2) is 37.4 Å². The van der Waals surface area contributed by atoms with Gasteiger partial charge in [0, 0.05) is 25.6 Å². The minimum atomic E-state index is -0.670. The maximum absolute atomic E-state index is 11.0. The maximum atomic E-state index is 11.0. The van der Waals surface area contributed by atoms with Gasteiger partial charge in [0.2, 0.25) is 0 Å². The van der Waals surface area contributed by atoms with Gasteiger partial charge in [-0.1, -0.05) is 0 Å². The summed E-state index contributed by atoms with van der Waals surface area (Å²) in [6.45, 7) is 2.56. The summed E-state index contributed by atoms with van der Waals surface area (Å²) in [5, 5.41) is 12.1. The van der Waals surface area contributed by atoms with E-state index < -0.39 is 11.4 Å². The molecule has 2 aliphatic heterocycles. The summed E-state index contributed by atoms with van der Waals surface area (Å²) < 4.78 is 5.20. The number of hydrogen-bond donors (Lipinski definition) is 2. The van der Waals surface area contributed by atoms with Crippen molar-refractivity contribution in [3.8, 4) is 0 Å². The minimum Gasteiger partial charge on any atom is -0.481 e. The fourth-order valence-electron chi connectivity index (χ4n) is 1.98. The van der Waals surface area contributed by atoms with E-state index in [2.05, 4.69) is 5.32 Å². The first-order valence-corrected chi connectivity index (χ1v) is 4.27. The first kappa shape index (κ1) is 8.01. The molecule has 2 aliphatic rings. The third kappa shape index (κ3) is 0.949. The van der Waals surface area contributed by atoms with Crippen molar-refractivity contribution in [3.63, 3.8) is 0 Å². The van der Waals surface area contributed by atoms with Crippen LogP contribution in [0.4, 0.5) is 0 Å². The minimum absolute atomic E-state index is 0.219. The molecular weight excluding hydrogens is 158 g/mol. The average molecular weight is 171 g/mol. The Morgan fingerprint density at radius 3 is 2.67 bits per heavy atom. The standard InChI is InChI=1S/C8H13NO3/c10-7(11)8(4-9-5-8)6-1-2-12-3-6/h6,9H,1-5H2,(H,10,11). The van der Waals surface area contributed by atoms with Crippen molar-refractivity contribution >= 4 is 5.97 Å². The predicted molar refractivity (Wildman–Crippen MR) is 41.9 cm³/mol. The Morgan fingerprint density at radius 1 is 1.58 bits per heavy atom. The van der Waals surface area contributed by atoms with Crippen molar-refractivity contribution in [2.45, 2.75) is 6.42 Å². The Balaban J connectivity index is 2.10. The Labute approximate surface area is 70.9 Å². The van der Waals surface area contributed by atoms with Crippen molar-refractivity contribution < 1.29 is 14.6 Å². The number of carboxylic acid groups (broad SMARTS) is 1. The van der Waals surface area contributed by atoms with Crippen LogP contribution in [0.2, 0.25) is 0 Å². The van der Waals surface area contributed by atoms with Crippen LogP contribution in [0.5, 0.6) is 0 Å². The van der Waals surface area contributed by atoms with Crippen molar-refractivity contribution in [2.75, 3.05) is 26.3 Å². The van der Waals surface area contributed by atoms with E-state index in [1.807, 2.05) is 0 Å². The number of rotatable bonds is 2. The van der Waals surface area contributed by atoms with E-state index in [4.69, 9.17) is 9.84 Å². The second kappa shape index (κ2) is 2.71. The predicted octanol–water partition coefficient (Wildman–Crippen LogP) is -0.303. The molecule has 0 bridgehead atoms. The Kier molecular flexibility index (Phi) is 1.81. The molecule has 12 heavy (non-hydrogen) atoms. The van der Waals surface area contributed by atoms with Gasteiger partial charge in [-0.25, -0.2) is 0 Å². The fourth-order valence-corrected chi connectivity index (χ4v) is 1.98. The van der Waals surface area contributed by atoms with Crippen LogP contribution in [0.1, 0.15) is 6.42 Å². The van der Waals surface area contributed by atoms with Crippen LogP contribution in [0.15, 0.2) is 0 Å². The summed E-state index contributed by atoms with van der Waals surface area (Å²) >= 11 is 0. The summed E-state index contributed by atoms with van der Waals surface area (Å²) in [4.78, 5) is 11.0. The van der Waals surface area contributed by atoms with Gasteiger partial charge in [0.1, 0.15) is 0 Å². The molecule has 2 N–H and O–H groups in total. The van der Waals surface area contributed by atoms with Crippen molar-refractivity contribution in [1.82, 2.24) is 5.32 Å². The smallest absolute Gasteiger partial charge is 0.312 e. The molecule has 2 heterocycles. The van der Waals surface area contributed by atoms with Crippen LogP contribution < -0.4 is 5.32 Å². The largest absolute Gasteiger partial charge is 0.481 e. The molecule has 2 rings (SSSR count). The number of nitrogens with one attached hydrogen (secondary N) is 1. The SMILES string of the molecule is O=C(O)C1(C2CCOC2)CNC1. The molecule has 0 amide bonds. The molecule has 0 spiro atoms. The first-order valence-electron chi connectivity index (χ1n) is 4.27. The zero-order valence-electron chi connectivity index (χ0n) is 6.88. The Bertz CT molecular complexity index is 194. The van der Waals surface area contributed by atoms with Gasteiger partial charge < -0.3 is 15.2 Å². The van der Waals surface area contributed by atoms with Gasteiger partial charge in [0.05, 0.1) is 12.0 Å². The van der Waals surface area contributed by atoms with Crippen LogP contribution >= 0.6 is 0 Å². The third-order valence-electron chi connectivity index (χ3n) is 3.02. The third-order valence-corrected chi connectivity index (χ3v) is 3.02. The molecule has 0 aromatic rings. The van der Waals surface area contributed by atoms with E-state index in [0.717, 1.165) is 13.0 Å². The van der Waals surface area contributed by atoms with Gasteiger partial charge in [0.25, 0.3) is 0 Å². The first-order chi connectivity index (χ1) is 5.76. The van der Waals surface area contributed by atoms with Crippen LogP contribution in [0, 0.1) is 11.3 Å². The van der Waals surface area contributed by atoms with E-state index in [1.54, 1.807) is 0 Å². The van der Waals surface area contributed by atoms with E-state index in [0.29, 0.717) is 19.7 Å². The second-order valence-electron chi connectivity index (χ2n) is 3.63. The molecule has 68 valence electrons. The lowest BCUT2D eigenvalue weighted by molar-refractivity contribution is -0.156. The molecule has 1 atom stereocenters. The Morgan fingerprint density at radius 2 is 2.33 bits per heavy atom. The van der Waals surface area contributed by atoms with Crippen molar-refractivity contribution in [2.24, 2.45) is 11.3 Å². The van der Waals surface area contributed by atoms with E-state index in [1.165, 1.54) is 0 Å². The topological polar surface area (TPSA) is 58.6 Å². The highest BCUT2D eigenvalue weighted by Crippen LogP contribution is 2.37. The molecule has 0 saturated carbocycles. The van der Waals surface area contributed by atoms with E-state index in [9.17, 15) is 4.79 Å². The number of carbonyl (C=O) groups is 1. The maximum Gasteiger partial charge on any atom is 0.312 e. The Hall–Kier alpha value is -0.610. The van der Waals surface area contributed by atoms with Gasteiger partial charge in [-0.05, 0) is 6.42 Å². The van der Waals surface area contributed by atoms with Gasteiger partial charge in [0.15, 0.2) is 0 Å².